The highest BCUT2D eigenvalue weighted by Crippen LogP contribution is 2.23. The molecule has 24 heavy (non-hydrogen) atoms. The van der Waals surface area contributed by atoms with Crippen molar-refractivity contribution in [3.63, 3.8) is 0 Å². The van der Waals surface area contributed by atoms with Crippen molar-refractivity contribution in [3.05, 3.63) is 72.6 Å². The molecule has 0 saturated heterocycles. The van der Waals surface area contributed by atoms with E-state index in [1.54, 1.807) is 11.6 Å². The number of hydrogen-bond acceptors (Lipinski definition) is 7. The van der Waals surface area contributed by atoms with E-state index in [1.165, 1.54) is 27.9 Å². The Balaban J connectivity index is 1.83. The number of nitrogens with zero attached hydrogens (tertiary/aromatic N) is 3. The second kappa shape index (κ2) is 6.38. The van der Waals surface area contributed by atoms with Gasteiger partial charge in [0.25, 0.3) is 11.2 Å². The molecule has 1 aromatic carbocycles. The van der Waals surface area contributed by atoms with E-state index in [-0.39, 0.29) is 28.4 Å². The highest BCUT2D eigenvalue weighted by Gasteiger charge is 2.22. The van der Waals surface area contributed by atoms with E-state index >= 15 is 0 Å². The fraction of sp³-hybridized carbons (Fsp3) is 0.0714. The average molecular weight is 366 g/mol. The maximum absolute atomic E-state index is 12.1. The number of carbonyl (C=O) groups is 1. The first-order chi connectivity index (χ1) is 11.5. The lowest BCUT2D eigenvalue weighted by molar-refractivity contribution is -0.385. The number of esters is 1. The molecule has 122 valence electrons. The molecule has 2 heterocycles. The van der Waals surface area contributed by atoms with Crippen LogP contribution >= 0.6 is 22.9 Å². The van der Waals surface area contributed by atoms with Crippen LogP contribution < -0.4 is 5.56 Å². The van der Waals surface area contributed by atoms with Crippen LogP contribution in [-0.2, 0) is 11.3 Å². The predicted octanol–water partition coefficient (Wildman–Crippen LogP) is 2.67. The van der Waals surface area contributed by atoms with E-state index in [2.05, 4.69) is 4.98 Å². The minimum atomic E-state index is -0.919. The minimum Gasteiger partial charge on any atom is -0.455 e. The maximum atomic E-state index is 12.1. The van der Waals surface area contributed by atoms with Gasteiger partial charge in [0, 0.05) is 28.7 Å². The molecule has 0 atom stereocenters. The fourth-order valence-corrected chi connectivity index (χ4v) is 2.92. The molecule has 8 nitrogen and oxygen atoms in total. The molecule has 0 radical (unpaired) electrons. The summed E-state index contributed by atoms with van der Waals surface area (Å²) >= 11 is 7.03. The number of halogens is 1. The third-order valence-electron chi connectivity index (χ3n) is 3.08. The zero-order valence-electron chi connectivity index (χ0n) is 11.8. The Morgan fingerprint density at radius 2 is 2.21 bits per heavy atom. The fourth-order valence-electron chi connectivity index (χ4n) is 2.01. The Hall–Kier alpha value is -2.78. The Kier molecular flexibility index (Phi) is 4.28. The van der Waals surface area contributed by atoms with Crippen LogP contribution in [0.4, 0.5) is 5.69 Å². The van der Waals surface area contributed by atoms with Crippen molar-refractivity contribution in [1.29, 1.82) is 0 Å². The number of hydrogen-bond donors (Lipinski definition) is 0. The van der Waals surface area contributed by atoms with Gasteiger partial charge >= 0.3 is 5.97 Å². The van der Waals surface area contributed by atoms with Gasteiger partial charge in [-0.15, -0.1) is 11.3 Å². The van der Waals surface area contributed by atoms with Crippen LogP contribution in [0, 0.1) is 10.1 Å². The van der Waals surface area contributed by atoms with E-state index in [0.29, 0.717) is 4.96 Å². The monoisotopic (exact) mass is 365 g/mol. The first kappa shape index (κ1) is 16.1. The summed E-state index contributed by atoms with van der Waals surface area (Å²) in [4.78, 5) is 38.9. The number of aromatic nitrogens is 2. The van der Waals surface area contributed by atoms with Crippen LogP contribution in [0.2, 0.25) is 5.02 Å². The highest BCUT2D eigenvalue weighted by atomic mass is 35.5. The second-order valence-electron chi connectivity index (χ2n) is 4.64. The first-order valence-corrected chi connectivity index (χ1v) is 7.78. The Morgan fingerprint density at radius 3 is 2.96 bits per heavy atom. The number of carbonyl (C=O) groups excluding carboxylic acids is 1. The van der Waals surface area contributed by atoms with Gasteiger partial charge < -0.3 is 4.74 Å². The van der Waals surface area contributed by atoms with Crippen molar-refractivity contribution in [2.45, 2.75) is 6.61 Å². The number of fused-ring (bicyclic) bond motifs is 1. The van der Waals surface area contributed by atoms with E-state index in [4.69, 9.17) is 16.3 Å². The lowest BCUT2D eigenvalue weighted by Gasteiger charge is -2.05. The van der Waals surface area contributed by atoms with Gasteiger partial charge in [0.15, 0.2) is 4.96 Å². The summed E-state index contributed by atoms with van der Waals surface area (Å²) in [6.45, 7) is -0.286. The quantitative estimate of drug-likeness (QED) is 0.400. The Bertz CT molecular complexity index is 1010. The molecule has 10 heteroatoms. The van der Waals surface area contributed by atoms with Crippen molar-refractivity contribution < 1.29 is 14.5 Å². The smallest absolute Gasteiger partial charge is 0.345 e. The van der Waals surface area contributed by atoms with Gasteiger partial charge in [-0.2, -0.15) is 0 Å². The summed E-state index contributed by atoms with van der Waals surface area (Å²) in [5.41, 5.74) is -0.728. The van der Waals surface area contributed by atoms with Crippen molar-refractivity contribution in [3.8, 4) is 0 Å². The lowest BCUT2D eigenvalue weighted by atomic mass is 10.2. The maximum Gasteiger partial charge on any atom is 0.345 e. The van der Waals surface area contributed by atoms with E-state index in [1.807, 2.05) is 0 Å². The van der Waals surface area contributed by atoms with Gasteiger partial charge in [-0.05, 0) is 12.1 Å². The summed E-state index contributed by atoms with van der Waals surface area (Å²) in [5.74, 6) is -0.919. The zero-order valence-corrected chi connectivity index (χ0v) is 13.4. The molecule has 0 spiro atoms. The standard InChI is InChI=1S/C14H8ClN3O5S/c15-8-1-2-11(18(21)22)10(5-8)13(20)23-7-9-6-12(19)17-3-4-24-14(17)16-9/h1-6H,7H2. The summed E-state index contributed by atoms with van der Waals surface area (Å²) in [5, 5.41) is 12.8. The number of ether oxygens (including phenoxy) is 1. The topological polar surface area (TPSA) is 104 Å². The van der Waals surface area contributed by atoms with Crippen molar-refractivity contribution in [2.24, 2.45) is 0 Å². The summed E-state index contributed by atoms with van der Waals surface area (Å²) in [6.07, 6.45) is 1.58. The normalized spacial score (nSPS) is 10.7. The van der Waals surface area contributed by atoms with Crippen molar-refractivity contribution >= 4 is 39.6 Å². The van der Waals surface area contributed by atoms with Gasteiger partial charge in [0.05, 0.1) is 10.6 Å². The molecule has 0 amide bonds. The highest BCUT2D eigenvalue weighted by molar-refractivity contribution is 7.15. The van der Waals surface area contributed by atoms with Gasteiger partial charge in [-0.1, -0.05) is 11.6 Å². The van der Waals surface area contributed by atoms with Gasteiger partial charge in [-0.3, -0.25) is 19.3 Å². The van der Waals surface area contributed by atoms with E-state index in [9.17, 15) is 19.7 Å². The molecule has 0 bridgehead atoms. The summed E-state index contributed by atoms with van der Waals surface area (Å²) in [7, 11) is 0. The van der Waals surface area contributed by atoms with Crippen LogP contribution in [0.5, 0.6) is 0 Å². The molecular weight excluding hydrogens is 358 g/mol. The Morgan fingerprint density at radius 1 is 1.42 bits per heavy atom. The molecule has 0 aliphatic heterocycles. The third-order valence-corrected chi connectivity index (χ3v) is 4.07. The number of thiazole rings is 1. The molecule has 0 saturated carbocycles. The van der Waals surface area contributed by atoms with Gasteiger partial charge in [0.2, 0.25) is 0 Å². The zero-order chi connectivity index (χ0) is 17.3. The van der Waals surface area contributed by atoms with Crippen LogP contribution in [0.1, 0.15) is 16.1 Å². The van der Waals surface area contributed by atoms with Crippen molar-refractivity contribution in [1.82, 2.24) is 9.38 Å². The van der Waals surface area contributed by atoms with Crippen molar-refractivity contribution in [2.75, 3.05) is 0 Å². The minimum absolute atomic E-state index is 0.170. The molecule has 0 N–H and O–H groups in total. The van der Waals surface area contributed by atoms with Gasteiger partial charge in [-0.25, -0.2) is 9.78 Å². The van der Waals surface area contributed by atoms with E-state index in [0.717, 1.165) is 12.1 Å². The number of nitro groups is 1. The number of benzene rings is 1. The van der Waals surface area contributed by atoms with Crippen LogP contribution in [-0.4, -0.2) is 20.3 Å². The van der Waals surface area contributed by atoms with Crippen LogP contribution in [0.15, 0.2) is 40.6 Å². The average Bonchev–Trinajstić information content (AvgIpc) is 3.01. The molecule has 2 aromatic heterocycles. The van der Waals surface area contributed by atoms with E-state index < -0.39 is 16.6 Å². The molecular formula is C14H8ClN3O5S. The van der Waals surface area contributed by atoms with Crippen LogP contribution in [0.3, 0.4) is 0 Å². The largest absolute Gasteiger partial charge is 0.455 e. The van der Waals surface area contributed by atoms with Gasteiger partial charge in [0.1, 0.15) is 12.2 Å². The molecule has 0 aliphatic carbocycles. The molecule has 0 aliphatic rings. The Labute approximate surface area is 143 Å². The first-order valence-electron chi connectivity index (χ1n) is 6.52. The third kappa shape index (κ3) is 3.12. The second-order valence-corrected chi connectivity index (χ2v) is 5.95. The SMILES string of the molecule is O=C(OCc1cc(=O)n2ccsc2n1)c1cc(Cl)ccc1[N+](=O)[O-]. The molecule has 0 fully saturated rings. The molecule has 3 rings (SSSR count). The molecule has 0 unspecified atom stereocenters. The molecule has 3 aromatic rings. The summed E-state index contributed by atoms with van der Waals surface area (Å²) in [6, 6.07) is 4.83. The summed E-state index contributed by atoms with van der Waals surface area (Å²) < 4.78 is 6.39. The lowest BCUT2D eigenvalue weighted by Crippen LogP contribution is -2.15. The predicted molar refractivity (Wildman–Crippen MR) is 86.6 cm³/mol. The number of rotatable bonds is 4. The van der Waals surface area contributed by atoms with Crippen LogP contribution in [0.25, 0.3) is 4.96 Å². The number of nitro benzene ring substituents is 1.